The number of hydrogen-bond acceptors (Lipinski definition) is 3. The van der Waals surface area contributed by atoms with Crippen LogP contribution in [0, 0.1) is 5.92 Å². The molecular formula is C13H17F2NO2. The van der Waals surface area contributed by atoms with Crippen molar-refractivity contribution in [3.8, 4) is 0 Å². The molecule has 1 fully saturated rings. The molecule has 2 rings (SSSR count). The van der Waals surface area contributed by atoms with Gasteiger partial charge in [0.2, 0.25) is 6.43 Å². The molecule has 0 aromatic heterocycles. The van der Waals surface area contributed by atoms with Crippen LogP contribution >= 0.6 is 0 Å². The van der Waals surface area contributed by atoms with Gasteiger partial charge in [-0.25, -0.2) is 8.78 Å². The minimum absolute atomic E-state index is 0.102. The third kappa shape index (κ3) is 3.04. The van der Waals surface area contributed by atoms with Crippen LogP contribution in [0.25, 0.3) is 0 Å². The molecule has 5 heteroatoms. The van der Waals surface area contributed by atoms with Crippen molar-refractivity contribution in [1.29, 1.82) is 0 Å². The Morgan fingerprint density at radius 3 is 2.44 bits per heavy atom. The molecule has 1 aromatic rings. The van der Waals surface area contributed by atoms with Crippen molar-refractivity contribution in [2.24, 2.45) is 5.92 Å². The Morgan fingerprint density at radius 1 is 1.17 bits per heavy atom. The molecule has 0 spiro atoms. The fourth-order valence-electron chi connectivity index (χ4n) is 2.34. The maximum atomic E-state index is 12.8. The van der Waals surface area contributed by atoms with Crippen molar-refractivity contribution in [2.45, 2.75) is 25.2 Å². The number of likely N-dealkylation sites (tertiary alicyclic amines) is 1. The number of aliphatic hydroxyl groups excluding tert-OH is 2. The minimum atomic E-state index is -2.62. The van der Waals surface area contributed by atoms with E-state index in [-0.39, 0.29) is 13.1 Å². The van der Waals surface area contributed by atoms with Crippen molar-refractivity contribution in [3.63, 3.8) is 0 Å². The Balaban J connectivity index is 2.02. The van der Waals surface area contributed by atoms with Gasteiger partial charge in [0.05, 0.1) is 18.1 Å². The third-order valence-corrected chi connectivity index (χ3v) is 3.32. The molecule has 0 saturated carbocycles. The van der Waals surface area contributed by atoms with Gasteiger partial charge in [-0.15, -0.1) is 0 Å². The zero-order valence-corrected chi connectivity index (χ0v) is 9.92. The number of nitrogens with zero attached hydrogens (tertiary/aromatic N) is 1. The molecule has 18 heavy (non-hydrogen) atoms. The number of rotatable bonds is 3. The standard InChI is InChI=1S/C13H17F2NO2/c14-13(15)10-7-16(8-11(17)12(10)18)6-9-4-2-1-3-5-9/h1-5,10-13,17-18H,6-8H2/t10-,11?,12+/m0/s1. The number of piperidine rings is 1. The smallest absolute Gasteiger partial charge is 0.245 e. The summed E-state index contributed by atoms with van der Waals surface area (Å²) in [5.41, 5.74) is 1.01. The number of halogens is 2. The first-order chi connectivity index (χ1) is 8.58. The van der Waals surface area contributed by atoms with Crippen LogP contribution in [0.2, 0.25) is 0 Å². The van der Waals surface area contributed by atoms with Crippen LogP contribution in [0.1, 0.15) is 5.56 Å². The molecular weight excluding hydrogens is 240 g/mol. The number of benzene rings is 1. The van der Waals surface area contributed by atoms with E-state index in [4.69, 9.17) is 0 Å². The van der Waals surface area contributed by atoms with E-state index in [0.717, 1.165) is 5.56 Å². The molecule has 1 heterocycles. The normalized spacial score (nSPS) is 29.7. The molecule has 3 nitrogen and oxygen atoms in total. The average molecular weight is 257 g/mol. The Bertz CT molecular complexity index is 375. The Labute approximate surface area is 105 Å². The molecule has 0 amide bonds. The summed E-state index contributed by atoms with van der Waals surface area (Å²) >= 11 is 0. The van der Waals surface area contributed by atoms with Crippen LogP contribution in [0.4, 0.5) is 8.78 Å². The molecule has 100 valence electrons. The summed E-state index contributed by atoms with van der Waals surface area (Å²) < 4.78 is 25.5. The second-order valence-corrected chi connectivity index (χ2v) is 4.74. The highest BCUT2D eigenvalue weighted by atomic mass is 19.3. The van der Waals surface area contributed by atoms with Gasteiger partial charge in [0.15, 0.2) is 0 Å². The molecule has 3 atom stereocenters. The number of hydrogen-bond donors (Lipinski definition) is 2. The number of β-amino-alcohol motifs (C(OH)–C–C–N with tert-alkyl or cyclic N) is 1. The van der Waals surface area contributed by atoms with Crippen LogP contribution in [0.5, 0.6) is 0 Å². The van der Waals surface area contributed by atoms with Crippen molar-refractivity contribution in [1.82, 2.24) is 4.90 Å². The quantitative estimate of drug-likeness (QED) is 0.852. The van der Waals surface area contributed by atoms with Crippen LogP contribution in [-0.2, 0) is 6.54 Å². The van der Waals surface area contributed by atoms with E-state index >= 15 is 0 Å². The highest BCUT2D eigenvalue weighted by Gasteiger charge is 2.39. The number of aliphatic hydroxyl groups is 2. The van der Waals surface area contributed by atoms with Crippen molar-refractivity contribution in [3.05, 3.63) is 35.9 Å². The second-order valence-electron chi connectivity index (χ2n) is 4.74. The summed E-state index contributed by atoms with van der Waals surface area (Å²) in [4.78, 5) is 1.75. The predicted octanol–water partition coefficient (Wildman–Crippen LogP) is 1.11. The van der Waals surface area contributed by atoms with Gasteiger partial charge in [0, 0.05) is 19.6 Å². The molecule has 1 aliphatic heterocycles. The summed E-state index contributed by atoms with van der Waals surface area (Å²) in [5, 5.41) is 19.2. The zero-order valence-electron chi connectivity index (χ0n) is 9.92. The molecule has 0 bridgehead atoms. The highest BCUT2D eigenvalue weighted by molar-refractivity contribution is 5.14. The molecule has 2 N–H and O–H groups in total. The molecule has 1 aromatic carbocycles. The molecule has 0 aliphatic carbocycles. The average Bonchev–Trinajstić information content (AvgIpc) is 2.34. The van der Waals surface area contributed by atoms with Crippen LogP contribution in [0.3, 0.4) is 0 Å². The van der Waals surface area contributed by atoms with E-state index in [1.54, 1.807) is 4.90 Å². The van der Waals surface area contributed by atoms with Gasteiger partial charge in [-0.05, 0) is 5.56 Å². The Kier molecular flexibility index (Phi) is 4.27. The molecule has 1 unspecified atom stereocenters. The van der Waals surface area contributed by atoms with Gasteiger partial charge in [0.1, 0.15) is 0 Å². The molecule has 1 aliphatic rings. The van der Waals surface area contributed by atoms with Crippen molar-refractivity contribution in [2.75, 3.05) is 13.1 Å². The van der Waals surface area contributed by atoms with Gasteiger partial charge in [-0.3, -0.25) is 4.90 Å². The lowest BCUT2D eigenvalue weighted by Crippen LogP contribution is -2.54. The van der Waals surface area contributed by atoms with Crippen molar-refractivity contribution >= 4 is 0 Å². The maximum absolute atomic E-state index is 12.8. The van der Waals surface area contributed by atoms with E-state index < -0.39 is 24.6 Å². The van der Waals surface area contributed by atoms with E-state index in [9.17, 15) is 19.0 Å². The predicted molar refractivity (Wildman–Crippen MR) is 63.2 cm³/mol. The van der Waals surface area contributed by atoms with Gasteiger partial charge in [0.25, 0.3) is 0 Å². The monoisotopic (exact) mass is 257 g/mol. The van der Waals surface area contributed by atoms with E-state index in [1.165, 1.54) is 0 Å². The van der Waals surface area contributed by atoms with Crippen LogP contribution in [0.15, 0.2) is 30.3 Å². The first kappa shape index (κ1) is 13.4. The second kappa shape index (κ2) is 5.73. The molecule has 0 radical (unpaired) electrons. The van der Waals surface area contributed by atoms with Crippen LogP contribution in [-0.4, -0.2) is 46.8 Å². The Morgan fingerprint density at radius 2 is 1.83 bits per heavy atom. The lowest BCUT2D eigenvalue weighted by molar-refractivity contribution is -0.118. The van der Waals surface area contributed by atoms with Gasteiger partial charge < -0.3 is 10.2 Å². The van der Waals surface area contributed by atoms with Crippen molar-refractivity contribution < 1.29 is 19.0 Å². The summed E-state index contributed by atoms with van der Waals surface area (Å²) in [6, 6.07) is 9.48. The minimum Gasteiger partial charge on any atom is -0.390 e. The Hall–Kier alpha value is -1.04. The third-order valence-electron chi connectivity index (χ3n) is 3.32. The van der Waals surface area contributed by atoms with Gasteiger partial charge in [-0.1, -0.05) is 30.3 Å². The first-order valence-corrected chi connectivity index (χ1v) is 5.98. The lowest BCUT2D eigenvalue weighted by Gasteiger charge is -2.38. The summed E-state index contributed by atoms with van der Waals surface area (Å²) in [6.45, 7) is 0.831. The largest absolute Gasteiger partial charge is 0.390 e. The topological polar surface area (TPSA) is 43.7 Å². The summed E-state index contributed by atoms with van der Waals surface area (Å²) in [6.07, 6.45) is -5.06. The summed E-state index contributed by atoms with van der Waals surface area (Å²) in [5.74, 6) is -1.18. The first-order valence-electron chi connectivity index (χ1n) is 5.98. The van der Waals surface area contributed by atoms with E-state index in [2.05, 4.69) is 0 Å². The summed E-state index contributed by atoms with van der Waals surface area (Å²) in [7, 11) is 0. The lowest BCUT2D eigenvalue weighted by atomic mass is 9.92. The number of alkyl halides is 2. The SMILES string of the molecule is OC1CN(Cc2ccccc2)C[C@H](C(F)F)[C@H]1O. The molecule has 1 saturated heterocycles. The fraction of sp³-hybridized carbons (Fsp3) is 0.538. The van der Waals surface area contributed by atoms with Gasteiger partial charge in [-0.2, -0.15) is 0 Å². The maximum Gasteiger partial charge on any atom is 0.245 e. The highest BCUT2D eigenvalue weighted by Crippen LogP contribution is 2.24. The van der Waals surface area contributed by atoms with E-state index in [1.807, 2.05) is 30.3 Å². The van der Waals surface area contributed by atoms with E-state index in [0.29, 0.717) is 6.54 Å². The fourth-order valence-corrected chi connectivity index (χ4v) is 2.34. The van der Waals surface area contributed by atoms with Gasteiger partial charge >= 0.3 is 0 Å². The zero-order chi connectivity index (χ0) is 13.1. The van der Waals surface area contributed by atoms with Crippen LogP contribution < -0.4 is 0 Å².